The smallest absolute Gasteiger partial charge is 0.226 e. The van der Waals surface area contributed by atoms with Crippen molar-refractivity contribution in [2.75, 3.05) is 13.1 Å². The molecule has 0 bridgehead atoms. The Kier molecular flexibility index (Phi) is 4.32. The van der Waals surface area contributed by atoms with E-state index in [1.807, 2.05) is 6.33 Å². The lowest BCUT2D eigenvalue weighted by Gasteiger charge is -2.32. The number of piperidine rings is 1. The molecule has 2 heterocycles. The van der Waals surface area contributed by atoms with Gasteiger partial charge in [0.05, 0.1) is 0 Å². The van der Waals surface area contributed by atoms with Crippen LogP contribution in [0.5, 0.6) is 0 Å². The Balaban J connectivity index is 1.35. The number of amides is 1. The van der Waals surface area contributed by atoms with Crippen LogP contribution in [-0.4, -0.2) is 38.7 Å². The normalized spacial score (nSPS) is 23.7. The zero-order valence-corrected chi connectivity index (χ0v) is 15.1. The molecular weight excluding hydrogens is 312 g/mol. The average Bonchev–Trinajstić information content (AvgIpc) is 3.30. The van der Waals surface area contributed by atoms with E-state index in [0.29, 0.717) is 17.7 Å². The van der Waals surface area contributed by atoms with Crippen LogP contribution in [0.1, 0.15) is 55.0 Å². The number of benzene rings is 1. The Bertz CT molecular complexity index is 761. The zero-order valence-electron chi connectivity index (χ0n) is 15.1. The van der Waals surface area contributed by atoms with Gasteiger partial charge in [0, 0.05) is 31.5 Å². The number of rotatable bonds is 4. The summed E-state index contributed by atoms with van der Waals surface area (Å²) in [6.45, 7) is 6.82. The summed E-state index contributed by atoms with van der Waals surface area (Å²) in [5, 5.41) is 8.34. The molecule has 2 atom stereocenters. The van der Waals surface area contributed by atoms with Crippen LogP contribution in [0, 0.1) is 12.8 Å². The van der Waals surface area contributed by atoms with Gasteiger partial charge in [-0.2, -0.15) is 0 Å². The lowest BCUT2D eigenvalue weighted by Crippen LogP contribution is -2.39. The number of likely N-dealkylation sites (tertiary alicyclic amines) is 1. The molecule has 0 radical (unpaired) electrons. The Morgan fingerprint density at radius 2 is 2.08 bits per heavy atom. The third-order valence-corrected chi connectivity index (χ3v) is 5.74. The molecule has 132 valence electrons. The van der Waals surface area contributed by atoms with Gasteiger partial charge in [0.2, 0.25) is 5.91 Å². The summed E-state index contributed by atoms with van der Waals surface area (Å²) < 4.78 is 2.12. The molecule has 1 aliphatic carbocycles. The summed E-state index contributed by atoms with van der Waals surface area (Å²) >= 11 is 0. The monoisotopic (exact) mass is 338 g/mol. The van der Waals surface area contributed by atoms with Crippen molar-refractivity contribution >= 4 is 5.91 Å². The molecule has 1 amide bonds. The first-order valence-electron chi connectivity index (χ1n) is 9.40. The van der Waals surface area contributed by atoms with Crippen molar-refractivity contribution in [3.63, 3.8) is 0 Å². The number of nitrogens with zero attached hydrogens (tertiary/aromatic N) is 4. The highest BCUT2D eigenvalue weighted by atomic mass is 16.2. The second-order valence-electron chi connectivity index (χ2n) is 7.44. The maximum atomic E-state index is 12.8. The van der Waals surface area contributed by atoms with Crippen molar-refractivity contribution < 1.29 is 4.79 Å². The molecule has 4 rings (SSSR count). The Morgan fingerprint density at radius 1 is 1.28 bits per heavy atom. The highest BCUT2D eigenvalue weighted by molar-refractivity contribution is 5.83. The van der Waals surface area contributed by atoms with Gasteiger partial charge in [-0.05, 0) is 44.6 Å². The minimum absolute atomic E-state index is 0.192. The topological polar surface area (TPSA) is 51.0 Å². The van der Waals surface area contributed by atoms with Gasteiger partial charge in [0.25, 0.3) is 0 Å². The average molecular weight is 338 g/mol. The van der Waals surface area contributed by atoms with Crippen LogP contribution in [0.4, 0.5) is 0 Å². The number of carbonyl (C=O) groups excluding carboxylic acids is 1. The zero-order chi connectivity index (χ0) is 17.4. The summed E-state index contributed by atoms with van der Waals surface area (Å²) in [7, 11) is 0. The molecule has 0 unspecified atom stereocenters. The minimum Gasteiger partial charge on any atom is -0.342 e. The van der Waals surface area contributed by atoms with Crippen LogP contribution in [0.2, 0.25) is 0 Å². The highest BCUT2D eigenvalue weighted by Gasteiger charge is 2.46. The lowest BCUT2D eigenvalue weighted by atomic mass is 9.95. The second kappa shape index (κ2) is 6.62. The lowest BCUT2D eigenvalue weighted by molar-refractivity contribution is -0.133. The van der Waals surface area contributed by atoms with Crippen LogP contribution < -0.4 is 0 Å². The first kappa shape index (κ1) is 16.3. The van der Waals surface area contributed by atoms with Crippen LogP contribution in [0.15, 0.2) is 30.6 Å². The van der Waals surface area contributed by atoms with Crippen LogP contribution >= 0.6 is 0 Å². The van der Waals surface area contributed by atoms with E-state index in [4.69, 9.17) is 0 Å². The van der Waals surface area contributed by atoms with E-state index in [2.05, 4.69) is 57.8 Å². The largest absolute Gasteiger partial charge is 0.342 e. The molecule has 1 aromatic carbocycles. The Hall–Kier alpha value is -2.17. The Labute approximate surface area is 149 Å². The van der Waals surface area contributed by atoms with Gasteiger partial charge in [0.15, 0.2) is 0 Å². The molecular formula is C20H26N4O. The summed E-state index contributed by atoms with van der Waals surface area (Å²) in [6.07, 6.45) is 4.80. The van der Waals surface area contributed by atoms with Crippen molar-refractivity contribution in [2.24, 2.45) is 5.92 Å². The van der Waals surface area contributed by atoms with Gasteiger partial charge < -0.3 is 9.47 Å². The van der Waals surface area contributed by atoms with E-state index >= 15 is 0 Å². The van der Waals surface area contributed by atoms with Gasteiger partial charge in [-0.25, -0.2) is 0 Å². The number of hydrogen-bond acceptors (Lipinski definition) is 3. The second-order valence-corrected chi connectivity index (χ2v) is 7.44. The van der Waals surface area contributed by atoms with E-state index in [1.165, 1.54) is 11.1 Å². The number of carbonyl (C=O) groups is 1. The quantitative estimate of drug-likeness (QED) is 0.861. The molecule has 0 spiro atoms. The summed E-state index contributed by atoms with van der Waals surface area (Å²) in [4.78, 5) is 14.9. The van der Waals surface area contributed by atoms with Gasteiger partial charge in [-0.3, -0.25) is 4.79 Å². The molecule has 2 aromatic rings. The van der Waals surface area contributed by atoms with Crippen LogP contribution in [-0.2, 0) is 11.3 Å². The molecule has 1 aromatic heterocycles. The fraction of sp³-hybridized carbons (Fsp3) is 0.550. The summed E-state index contributed by atoms with van der Waals surface area (Å²) in [5.41, 5.74) is 2.60. The molecule has 2 fully saturated rings. The standard InChI is InChI=1S/C20H26N4O/c1-3-23-13-21-22-19(23)15-7-9-24(10-8-15)20(25)18-12-17(18)16-6-4-5-14(2)11-16/h4-6,11,13,15,17-18H,3,7-10,12H2,1-2H3/t17-,18-/m0/s1. The summed E-state index contributed by atoms with van der Waals surface area (Å²) in [6, 6.07) is 8.60. The van der Waals surface area contributed by atoms with Gasteiger partial charge >= 0.3 is 0 Å². The van der Waals surface area contributed by atoms with E-state index in [-0.39, 0.29) is 5.92 Å². The van der Waals surface area contributed by atoms with E-state index in [9.17, 15) is 4.79 Å². The van der Waals surface area contributed by atoms with Gasteiger partial charge in [-0.1, -0.05) is 29.8 Å². The van der Waals surface area contributed by atoms with Crippen molar-refractivity contribution in [3.05, 3.63) is 47.5 Å². The van der Waals surface area contributed by atoms with Crippen molar-refractivity contribution in [1.82, 2.24) is 19.7 Å². The van der Waals surface area contributed by atoms with Crippen LogP contribution in [0.3, 0.4) is 0 Å². The van der Waals surface area contributed by atoms with E-state index in [0.717, 1.165) is 44.7 Å². The summed E-state index contributed by atoms with van der Waals surface area (Å²) in [5.74, 6) is 2.48. The maximum Gasteiger partial charge on any atom is 0.226 e. The van der Waals surface area contributed by atoms with Gasteiger partial charge in [-0.15, -0.1) is 10.2 Å². The van der Waals surface area contributed by atoms with E-state index in [1.54, 1.807) is 0 Å². The predicted octanol–water partition coefficient (Wildman–Crippen LogP) is 3.12. The molecule has 1 aliphatic heterocycles. The van der Waals surface area contributed by atoms with E-state index < -0.39 is 0 Å². The molecule has 2 aliphatic rings. The van der Waals surface area contributed by atoms with Crippen molar-refractivity contribution in [2.45, 2.75) is 51.5 Å². The first-order chi connectivity index (χ1) is 12.2. The molecule has 5 heteroatoms. The molecule has 0 N–H and O–H groups in total. The van der Waals surface area contributed by atoms with Crippen molar-refractivity contribution in [3.8, 4) is 0 Å². The third kappa shape index (κ3) is 3.20. The number of aromatic nitrogens is 3. The van der Waals surface area contributed by atoms with Crippen LogP contribution in [0.25, 0.3) is 0 Å². The predicted molar refractivity (Wildman–Crippen MR) is 96.3 cm³/mol. The van der Waals surface area contributed by atoms with Gasteiger partial charge in [0.1, 0.15) is 12.2 Å². The fourth-order valence-electron chi connectivity index (χ4n) is 4.15. The number of aryl methyl sites for hydroxylation is 2. The Morgan fingerprint density at radius 3 is 2.80 bits per heavy atom. The van der Waals surface area contributed by atoms with Crippen molar-refractivity contribution in [1.29, 1.82) is 0 Å². The number of hydrogen-bond donors (Lipinski definition) is 0. The highest BCUT2D eigenvalue weighted by Crippen LogP contribution is 2.49. The SMILES string of the molecule is CCn1cnnc1C1CCN(C(=O)[C@H]2C[C@H]2c2cccc(C)c2)CC1. The molecule has 1 saturated heterocycles. The fourth-order valence-corrected chi connectivity index (χ4v) is 4.15. The molecule has 1 saturated carbocycles. The minimum atomic E-state index is 0.192. The molecule has 25 heavy (non-hydrogen) atoms. The third-order valence-electron chi connectivity index (χ3n) is 5.74. The molecule has 5 nitrogen and oxygen atoms in total. The first-order valence-corrected chi connectivity index (χ1v) is 9.40. The maximum absolute atomic E-state index is 12.8.